The van der Waals surface area contributed by atoms with Crippen LogP contribution in [0.2, 0.25) is 0 Å². The van der Waals surface area contributed by atoms with Gasteiger partial charge in [0.15, 0.2) is 5.16 Å². The summed E-state index contributed by atoms with van der Waals surface area (Å²) in [7, 11) is 1.97. The van der Waals surface area contributed by atoms with E-state index in [2.05, 4.69) is 10.3 Å². The summed E-state index contributed by atoms with van der Waals surface area (Å²) in [6.07, 6.45) is 6.52. The third-order valence-corrected chi connectivity index (χ3v) is 4.89. The Balaban J connectivity index is 1.69. The molecule has 1 aromatic heterocycles. The lowest BCUT2D eigenvalue weighted by molar-refractivity contribution is -0.118. The number of carbonyl (C=O) groups excluding carboxylic acids is 1. The second-order valence-corrected chi connectivity index (χ2v) is 6.33. The fraction of sp³-hybridized carbons (Fsp3) is 0.667. The molecule has 1 aromatic rings. The lowest BCUT2D eigenvalue weighted by Gasteiger charge is -2.06. The van der Waals surface area contributed by atoms with Crippen LogP contribution in [0, 0.1) is 5.92 Å². The zero-order chi connectivity index (χ0) is 13.0. The molecule has 0 spiro atoms. The fourth-order valence-corrected chi connectivity index (χ4v) is 3.24. The molecule has 4 nitrogen and oxygen atoms in total. The van der Waals surface area contributed by atoms with E-state index in [9.17, 15) is 4.79 Å². The highest BCUT2D eigenvalue weighted by molar-refractivity contribution is 7.99. The molecule has 0 radical (unpaired) electrons. The van der Waals surface area contributed by atoms with Crippen LogP contribution >= 0.6 is 23.5 Å². The van der Waals surface area contributed by atoms with Crippen molar-refractivity contribution in [3.05, 3.63) is 11.9 Å². The maximum atomic E-state index is 11.6. The van der Waals surface area contributed by atoms with Crippen molar-refractivity contribution in [1.29, 1.82) is 0 Å². The maximum absolute atomic E-state index is 11.6. The van der Waals surface area contributed by atoms with Crippen LogP contribution in [-0.4, -0.2) is 33.2 Å². The fourth-order valence-electron chi connectivity index (χ4n) is 1.62. The molecule has 1 aliphatic rings. The zero-order valence-corrected chi connectivity index (χ0v) is 12.4. The predicted octanol–water partition coefficient (Wildman–Crippen LogP) is 1.90. The summed E-state index contributed by atoms with van der Waals surface area (Å²) in [5, 5.41) is 3.92. The Bertz CT molecular complexity index is 415. The van der Waals surface area contributed by atoms with Crippen molar-refractivity contribution >= 4 is 29.4 Å². The highest BCUT2D eigenvalue weighted by Crippen LogP contribution is 2.32. The molecule has 0 aromatic carbocycles. The van der Waals surface area contributed by atoms with E-state index in [-0.39, 0.29) is 5.91 Å². The Morgan fingerprint density at radius 1 is 1.61 bits per heavy atom. The highest BCUT2D eigenvalue weighted by Gasteiger charge is 2.21. The Morgan fingerprint density at radius 3 is 3.00 bits per heavy atom. The summed E-state index contributed by atoms with van der Waals surface area (Å²) in [6, 6.07) is 0. The first-order valence-corrected chi connectivity index (χ1v) is 8.47. The molecule has 18 heavy (non-hydrogen) atoms. The van der Waals surface area contributed by atoms with Gasteiger partial charge in [-0.15, -0.1) is 0 Å². The van der Waals surface area contributed by atoms with E-state index in [1.54, 1.807) is 23.5 Å². The summed E-state index contributed by atoms with van der Waals surface area (Å²) < 4.78 is 2.02. The summed E-state index contributed by atoms with van der Waals surface area (Å²) in [5.41, 5.74) is 1.04. The number of hydrogen-bond donors (Lipinski definition) is 1. The van der Waals surface area contributed by atoms with E-state index in [0.29, 0.717) is 12.3 Å². The number of aromatic nitrogens is 2. The van der Waals surface area contributed by atoms with Gasteiger partial charge in [-0.25, -0.2) is 4.98 Å². The molecule has 1 aliphatic carbocycles. The van der Waals surface area contributed by atoms with E-state index >= 15 is 0 Å². The molecular formula is C12H19N3OS2. The summed E-state index contributed by atoms with van der Waals surface area (Å²) in [6.45, 7) is 0.562. The van der Waals surface area contributed by atoms with Gasteiger partial charge in [0, 0.05) is 7.05 Å². The summed E-state index contributed by atoms with van der Waals surface area (Å²) >= 11 is 3.35. The summed E-state index contributed by atoms with van der Waals surface area (Å²) in [4.78, 5) is 15.9. The minimum Gasteiger partial charge on any atom is -0.350 e. The van der Waals surface area contributed by atoms with Crippen LogP contribution in [0.3, 0.4) is 0 Å². The zero-order valence-electron chi connectivity index (χ0n) is 10.8. The van der Waals surface area contributed by atoms with Gasteiger partial charge in [0.2, 0.25) is 5.91 Å². The van der Waals surface area contributed by atoms with Gasteiger partial charge < -0.3 is 9.88 Å². The number of nitrogens with one attached hydrogen (secondary N) is 1. The smallest absolute Gasteiger partial charge is 0.230 e. The lowest BCUT2D eigenvalue weighted by atomic mass is 10.4. The third kappa shape index (κ3) is 3.95. The van der Waals surface area contributed by atoms with Gasteiger partial charge in [0.1, 0.15) is 0 Å². The molecule has 1 N–H and O–H groups in total. The number of imidazole rings is 1. The van der Waals surface area contributed by atoms with Gasteiger partial charge in [-0.05, 0) is 30.8 Å². The van der Waals surface area contributed by atoms with Crippen molar-refractivity contribution in [2.24, 2.45) is 13.0 Å². The average Bonchev–Trinajstić information content (AvgIpc) is 3.11. The van der Waals surface area contributed by atoms with Crippen molar-refractivity contribution in [2.45, 2.75) is 24.5 Å². The van der Waals surface area contributed by atoms with Gasteiger partial charge >= 0.3 is 0 Å². The largest absolute Gasteiger partial charge is 0.350 e. The minimum atomic E-state index is 0.118. The van der Waals surface area contributed by atoms with Crippen molar-refractivity contribution in [2.75, 3.05) is 17.8 Å². The van der Waals surface area contributed by atoms with Gasteiger partial charge in [0.05, 0.1) is 24.2 Å². The van der Waals surface area contributed by atoms with Crippen LogP contribution in [0.15, 0.2) is 11.4 Å². The van der Waals surface area contributed by atoms with Crippen LogP contribution in [0.1, 0.15) is 18.5 Å². The molecule has 1 saturated carbocycles. The van der Waals surface area contributed by atoms with Gasteiger partial charge in [-0.2, -0.15) is 11.8 Å². The average molecular weight is 285 g/mol. The van der Waals surface area contributed by atoms with Crippen molar-refractivity contribution in [1.82, 2.24) is 14.9 Å². The number of nitrogens with zero attached hydrogens (tertiary/aromatic N) is 2. The van der Waals surface area contributed by atoms with E-state index in [1.165, 1.54) is 12.8 Å². The highest BCUT2D eigenvalue weighted by atomic mass is 32.2. The topological polar surface area (TPSA) is 46.9 Å². The van der Waals surface area contributed by atoms with Crippen molar-refractivity contribution < 1.29 is 4.79 Å². The second-order valence-electron chi connectivity index (χ2n) is 4.53. The molecule has 0 saturated heterocycles. The number of thioether (sulfide) groups is 2. The van der Waals surface area contributed by atoms with Gasteiger partial charge in [-0.3, -0.25) is 4.79 Å². The van der Waals surface area contributed by atoms with Crippen molar-refractivity contribution in [3.8, 4) is 0 Å². The van der Waals surface area contributed by atoms with E-state index in [4.69, 9.17) is 0 Å². The molecule has 0 unspecified atom stereocenters. The third-order valence-electron chi connectivity index (χ3n) is 2.97. The standard InChI is InChI=1S/C12H19N3OS2/c1-15-10(6-14-12(15)17-2)5-13-11(16)8-18-7-9-3-4-9/h6,9H,3-5,7-8H2,1-2H3,(H,13,16). The maximum Gasteiger partial charge on any atom is 0.230 e. The summed E-state index contributed by atoms with van der Waals surface area (Å²) in [5.74, 6) is 2.70. The number of carbonyl (C=O) groups is 1. The van der Waals surface area contributed by atoms with Gasteiger partial charge in [-0.1, -0.05) is 11.8 Å². The lowest BCUT2D eigenvalue weighted by Crippen LogP contribution is -2.25. The monoisotopic (exact) mass is 285 g/mol. The van der Waals surface area contributed by atoms with E-state index in [0.717, 1.165) is 22.5 Å². The molecule has 1 amide bonds. The normalized spacial score (nSPS) is 14.8. The molecule has 100 valence electrons. The van der Waals surface area contributed by atoms with Gasteiger partial charge in [0.25, 0.3) is 0 Å². The van der Waals surface area contributed by atoms with Crippen LogP contribution in [-0.2, 0) is 18.4 Å². The van der Waals surface area contributed by atoms with Crippen molar-refractivity contribution in [3.63, 3.8) is 0 Å². The molecule has 2 rings (SSSR count). The molecule has 6 heteroatoms. The molecular weight excluding hydrogens is 266 g/mol. The number of amides is 1. The van der Waals surface area contributed by atoms with Crippen LogP contribution in [0.5, 0.6) is 0 Å². The van der Waals surface area contributed by atoms with Crippen LogP contribution in [0.25, 0.3) is 0 Å². The molecule has 0 atom stereocenters. The number of rotatable bonds is 7. The first-order chi connectivity index (χ1) is 8.70. The second kappa shape index (κ2) is 6.52. The van der Waals surface area contributed by atoms with E-state index in [1.807, 2.05) is 24.1 Å². The first-order valence-electron chi connectivity index (χ1n) is 6.09. The van der Waals surface area contributed by atoms with Crippen LogP contribution in [0.4, 0.5) is 0 Å². The molecule has 0 aliphatic heterocycles. The van der Waals surface area contributed by atoms with E-state index < -0.39 is 0 Å². The predicted molar refractivity (Wildman–Crippen MR) is 76.9 cm³/mol. The Hall–Kier alpha value is -0.620. The number of hydrogen-bond acceptors (Lipinski definition) is 4. The minimum absolute atomic E-state index is 0.118. The Kier molecular flexibility index (Phi) is 5.00. The molecule has 1 fully saturated rings. The SMILES string of the molecule is CSc1ncc(CNC(=O)CSCC2CC2)n1C. The quantitative estimate of drug-likeness (QED) is 0.777. The molecule has 0 bridgehead atoms. The van der Waals surface area contributed by atoms with Crippen LogP contribution < -0.4 is 5.32 Å². The molecule has 1 heterocycles. The Labute approximate surface area is 116 Å². The Morgan fingerprint density at radius 2 is 2.39 bits per heavy atom. The first kappa shape index (κ1) is 13.8.